The standard InChI is InChI=1S/C14H26N2O5S/c1-20-9-12-8-16(22(3,18)19)11-14(12)4-6-15(7-5-14)13(17)10-21-2/h12H,4-11H2,1-3H3/t12-/m1/s1. The van der Waals surface area contributed by atoms with E-state index in [2.05, 4.69) is 0 Å². The number of nitrogens with zero attached hydrogens (tertiary/aromatic N) is 2. The molecular formula is C14H26N2O5S. The molecule has 2 fully saturated rings. The van der Waals surface area contributed by atoms with E-state index in [0.717, 1.165) is 12.8 Å². The second-order valence-corrected chi connectivity index (χ2v) is 8.37. The van der Waals surface area contributed by atoms with Crippen molar-refractivity contribution in [1.82, 2.24) is 9.21 Å². The van der Waals surface area contributed by atoms with Crippen molar-refractivity contribution in [3.63, 3.8) is 0 Å². The number of likely N-dealkylation sites (tertiary alicyclic amines) is 1. The van der Waals surface area contributed by atoms with Gasteiger partial charge in [0.1, 0.15) is 6.61 Å². The van der Waals surface area contributed by atoms with E-state index in [1.807, 2.05) is 4.90 Å². The predicted molar refractivity (Wildman–Crippen MR) is 81.9 cm³/mol. The lowest BCUT2D eigenvalue weighted by atomic mass is 9.71. The van der Waals surface area contributed by atoms with Crippen molar-refractivity contribution in [3.05, 3.63) is 0 Å². The quantitative estimate of drug-likeness (QED) is 0.695. The van der Waals surface area contributed by atoms with Crippen molar-refractivity contribution < 1.29 is 22.7 Å². The summed E-state index contributed by atoms with van der Waals surface area (Å²) in [4.78, 5) is 13.7. The van der Waals surface area contributed by atoms with Crippen LogP contribution in [0, 0.1) is 11.3 Å². The highest BCUT2D eigenvalue weighted by atomic mass is 32.2. The summed E-state index contributed by atoms with van der Waals surface area (Å²) in [6.45, 7) is 3.01. The van der Waals surface area contributed by atoms with Crippen molar-refractivity contribution in [1.29, 1.82) is 0 Å². The number of carbonyl (C=O) groups is 1. The molecule has 0 unspecified atom stereocenters. The first kappa shape index (κ1) is 17.7. The van der Waals surface area contributed by atoms with Crippen LogP contribution in [0.2, 0.25) is 0 Å². The minimum Gasteiger partial charge on any atom is -0.384 e. The second kappa shape index (κ2) is 6.82. The van der Waals surface area contributed by atoms with Gasteiger partial charge in [-0.1, -0.05) is 0 Å². The fraction of sp³-hybridized carbons (Fsp3) is 0.929. The number of ether oxygens (including phenoxy) is 2. The summed E-state index contributed by atoms with van der Waals surface area (Å²) in [5, 5.41) is 0. The maximum absolute atomic E-state index is 11.9. The summed E-state index contributed by atoms with van der Waals surface area (Å²) in [5.41, 5.74) is -0.0804. The number of carbonyl (C=O) groups excluding carboxylic acids is 1. The zero-order valence-electron chi connectivity index (χ0n) is 13.6. The van der Waals surface area contributed by atoms with Crippen molar-refractivity contribution in [2.24, 2.45) is 11.3 Å². The molecule has 2 heterocycles. The third kappa shape index (κ3) is 3.61. The Morgan fingerprint density at radius 3 is 2.36 bits per heavy atom. The van der Waals surface area contributed by atoms with Crippen molar-refractivity contribution >= 4 is 15.9 Å². The van der Waals surface area contributed by atoms with Crippen LogP contribution in [0.1, 0.15) is 12.8 Å². The first-order chi connectivity index (χ1) is 10.3. The summed E-state index contributed by atoms with van der Waals surface area (Å²) in [5.74, 6) is 0.186. The molecule has 2 aliphatic rings. The van der Waals surface area contributed by atoms with Crippen molar-refractivity contribution in [3.8, 4) is 0 Å². The van der Waals surface area contributed by atoms with Gasteiger partial charge in [0.15, 0.2) is 0 Å². The Labute approximate surface area is 132 Å². The van der Waals surface area contributed by atoms with Crippen LogP contribution in [0.25, 0.3) is 0 Å². The van der Waals surface area contributed by atoms with E-state index < -0.39 is 10.0 Å². The van der Waals surface area contributed by atoms with E-state index in [1.54, 1.807) is 11.4 Å². The SMILES string of the molecule is COCC(=O)N1CCC2(CC1)CN(S(C)(=O)=O)C[C@@H]2COC. The lowest BCUT2D eigenvalue weighted by molar-refractivity contribution is -0.138. The summed E-state index contributed by atoms with van der Waals surface area (Å²) in [7, 11) is -0.0307. The molecule has 0 aliphatic carbocycles. The average Bonchev–Trinajstić information content (AvgIpc) is 2.79. The lowest BCUT2D eigenvalue weighted by Crippen LogP contribution is -2.48. The predicted octanol–water partition coefficient (Wildman–Crippen LogP) is -0.221. The van der Waals surface area contributed by atoms with E-state index in [9.17, 15) is 13.2 Å². The maximum atomic E-state index is 11.9. The topological polar surface area (TPSA) is 76.2 Å². The minimum absolute atomic E-state index is 0.00129. The fourth-order valence-corrected chi connectivity index (χ4v) is 4.59. The van der Waals surface area contributed by atoms with Crippen LogP contribution < -0.4 is 0 Å². The highest BCUT2D eigenvalue weighted by molar-refractivity contribution is 7.88. The molecule has 22 heavy (non-hydrogen) atoms. The Morgan fingerprint density at radius 1 is 1.23 bits per heavy atom. The van der Waals surface area contributed by atoms with Crippen LogP contribution in [-0.4, -0.2) is 83.4 Å². The summed E-state index contributed by atoms with van der Waals surface area (Å²) in [6.07, 6.45) is 2.87. The monoisotopic (exact) mass is 334 g/mol. The Balaban J connectivity index is 2.07. The zero-order chi connectivity index (χ0) is 16.4. The number of piperidine rings is 1. The van der Waals surface area contributed by atoms with Crippen LogP contribution in [0.5, 0.6) is 0 Å². The van der Waals surface area contributed by atoms with Crippen molar-refractivity contribution in [2.75, 3.05) is 59.9 Å². The van der Waals surface area contributed by atoms with Gasteiger partial charge < -0.3 is 14.4 Å². The van der Waals surface area contributed by atoms with Gasteiger partial charge >= 0.3 is 0 Å². The molecule has 128 valence electrons. The molecule has 0 aromatic carbocycles. The van der Waals surface area contributed by atoms with E-state index >= 15 is 0 Å². The van der Waals surface area contributed by atoms with Crippen LogP contribution in [0.4, 0.5) is 0 Å². The number of hydrogen-bond acceptors (Lipinski definition) is 5. The van der Waals surface area contributed by atoms with Crippen LogP contribution >= 0.6 is 0 Å². The molecule has 1 spiro atoms. The molecule has 0 saturated carbocycles. The van der Waals surface area contributed by atoms with Gasteiger partial charge in [-0.3, -0.25) is 4.79 Å². The summed E-state index contributed by atoms with van der Waals surface area (Å²) < 4.78 is 35.5. The normalized spacial score (nSPS) is 25.8. The van der Waals surface area contributed by atoms with Crippen LogP contribution in [0.3, 0.4) is 0 Å². The Bertz CT molecular complexity index is 499. The highest BCUT2D eigenvalue weighted by Crippen LogP contribution is 2.45. The van der Waals surface area contributed by atoms with Crippen LogP contribution in [-0.2, 0) is 24.3 Å². The van der Waals surface area contributed by atoms with Crippen molar-refractivity contribution in [2.45, 2.75) is 12.8 Å². The Hall–Kier alpha value is -0.700. The van der Waals surface area contributed by atoms with Crippen LogP contribution in [0.15, 0.2) is 0 Å². The molecule has 1 amide bonds. The number of sulfonamides is 1. The molecule has 0 bridgehead atoms. The van der Waals surface area contributed by atoms with Gasteiger partial charge in [0.05, 0.1) is 12.9 Å². The average molecular weight is 334 g/mol. The summed E-state index contributed by atoms with van der Waals surface area (Å²) in [6, 6.07) is 0. The minimum atomic E-state index is -3.19. The van der Waals surface area contributed by atoms with Gasteiger partial charge in [0.2, 0.25) is 15.9 Å². The summed E-state index contributed by atoms with van der Waals surface area (Å²) >= 11 is 0. The molecule has 1 atom stereocenters. The van der Waals surface area contributed by atoms with E-state index in [-0.39, 0.29) is 23.8 Å². The Morgan fingerprint density at radius 2 is 1.86 bits per heavy atom. The van der Waals surface area contributed by atoms with E-state index in [0.29, 0.717) is 32.8 Å². The molecule has 8 heteroatoms. The molecule has 0 aromatic rings. The zero-order valence-corrected chi connectivity index (χ0v) is 14.4. The number of hydrogen-bond donors (Lipinski definition) is 0. The van der Waals surface area contributed by atoms with Gasteiger partial charge in [-0.05, 0) is 18.3 Å². The first-order valence-electron chi connectivity index (χ1n) is 7.53. The number of rotatable bonds is 5. The van der Waals surface area contributed by atoms with Gasteiger partial charge in [-0.15, -0.1) is 0 Å². The molecule has 0 N–H and O–H groups in total. The molecule has 7 nitrogen and oxygen atoms in total. The third-order valence-corrected chi connectivity index (χ3v) is 6.21. The molecule has 2 aliphatic heterocycles. The van der Waals surface area contributed by atoms with Gasteiger partial charge in [0.25, 0.3) is 0 Å². The van der Waals surface area contributed by atoms with Gasteiger partial charge in [-0.25, -0.2) is 12.7 Å². The molecule has 2 saturated heterocycles. The fourth-order valence-electron chi connectivity index (χ4n) is 3.65. The van der Waals surface area contributed by atoms with E-state index in [4.69, 9.17) is 9.47 Å². The first-order valence-corrected chi connectivity index (χ1v) is 9.38. The molecule has 0 radical (unpaired) electrons. The van der Waals surface area contributed by atoms with E-state index in [1.165, 1.54) is 13.4 Å². The third-order valence-electron chi connectivity index (χ3n) is 5.00. The highest BCUT2D eigenvalue weighted by Gasteiger charge is 2.50. The maximum Gasteiger partial charge on any atom is 0.248 e. The number of amides is 1. The molecule has 0 aromatic heterocycles. The largest absolute Gasteiger partial charge is 0.384 e. The smallest absolute Gasteiger partial charge is 0.248 e. The lowest BCUT2D eigenvalue weighted by Gasteiger charge is -2.42. The Kier molecular flexibility index (Phi) is 5.47. The second-order valence-electron chi connectivity index (χ2n) is 6.38. The molecule has 2 rings (SSSR count). The number of methoxy groups -OCH3 is 2. The van der Waals surface area contributed by atoms with Gasteiger partial charge in [0, 0.05) is 46.3 Å². The van der Waals surface area contributed by atoms with Gasteiger partial charge in [-0.2, -0.15) is 0 Å². The molecular weight excluding hydrogens is 308 g/mol.